The summed E-state index contributed by atoms with van der Waals surface area (Å²) in [5.41, 5.74) is -0.789. The third-order valence-electron chi connectivity index (χ3n) is 5.34. The number of piperidine rings is 1. The SMILES string of the molecule is CC1(C(=O)O)CCCN(C(=O)N2CCN3CCCC3C2)C1. The second-order valence-electron chi connectivity index (χ2n) is 6.95. The van der Waals surface area contributed by atoms with Crippen LogP contribution in [0.4, 0.5) is 4.79 Å². The number of nitrogens with zero attached hydrogens (tertiary/aromatic N) is 3. The standard InChI is InChI=1S/C15H25N3O3/c1-15(13(19)20)5-3-7-18(11-15)14(21)17-9-8-16-6-2-4-12(16)10-17/h12H,2-11H2,1H3,(H,19,20). The predicted molar refractivity (Wildman–Crippen MR) is 78.1 cm³/mol. The summed E-state index contributed by atoms with van der Waals surface area (Å²) in [6.07, 6.45) is 3.84. The van der Waals surface area contributed by atoms with Gasteiger partial charge in [0, 0.05) is 38.8 Å². The zero-order chi connectivity index (χ0) is 15.0. The lowest BCUT2D eigenvalue weighted by molar-refractivity contribution is -0.150. The minimum absolute atomic E-state index is 0.0359. The van der Waals surface area contributed by atoms with E-state index in [0.29, 0.717) is 25.6 Å². The lowest BCUT2D eigenvalue weighted by Crippen LogP contribution is -2.58. The quantitative estimate of drug-likeness (QED) is 0.786. The molecule has 2 unspecified atom stereocenters. The molecular formula is C15H25N3O3. The second-order valence-corrected chi connectivity index (χ2v) is 6.95. The highest BCUT2D eigenvalue weighted by Gasteiger charge is 2.41. The van der Waals surface area contributed by atoms with Crippen molar-refractivity contribution in [1.29, 1.82) is 0 Å². The van der Waals surface area contributed by atoms with Crippen molar-refractivity contribution in [1.82, 2.24) is 14.7 Å². The van der Waals surface area contributed by atoms with Gasteiger partial charge < -0.3 is 14.9 Å². The molecule has 3 aliphatic rings. The van der Waals surface area contributed by atoms with Crippen LogP contribution in [0.25, 0.3) is 0 Å². The smallest absolute Gasteiger partial charge is 0.320 e. The van der Waals surface area contributed by atoms with Crippen molar-refractivity contribution in [3.05, 3.63) is 0 Å². The van der Waals surface area contributed by atoms with Gasteiger partial charge in [0.25, 0.3) is 0 Å². The highest BCUT2D eigenvalue weighted by molar-refractivity contribution is 5.78. The molecule has 118 valence electrons. The molecule has 3 aliphatic heterocycles. The number of aliphatic carboxylic acids is 1. The molecule has 2 atom stereocenters. The van der Waals surface area contributed by atoms with Crippen molar-refractivity contribution in [3.63, 3.8) is 0 Å². The van der Waals surface area contributed by atoms with Crippen LogP contribution in [-0.2, 0) is 4.79 Å². The molecule has 0 spiro atoms. The summed E-state index contributed by atoms with van der Waals surface area (Å²) >= 11 is 0. The molecule has 0 aliphatic carbocycles. The summed E-state index contributed by atoms with van der Waals surface area (Å²) in [7, 11) is 0. The van der Waals surface area contributed by atoms with Crippen molar-refractivity contribution in [2.45, 2.75) is 38.6 Å². The number of carboxylic acid groups (broad SMARTS) is 1. The number of amides is 2. The number of fused-ring (bicyclic) bond motifs is 1. The van der Waals surface area contributed by atoms with E-state index in [1.165, 1.54) is 12.8 Å². The van der Waals surface area contributed by atoms with Crippen LogP contribution >= 0.6 is 0 Å². The van der Waals surface area contributed by atoms with E-state index in [9.17, 15) is 14.7 Å². The lowest BCUT2D eigenvalue weighted by atomic mass is 9.82. The number of carbonyl (C=O) groups excluding carboxylic acids is 1. The summed E-state index contributed by atoms with van der Waals surface area (Å²) in [5.74, 6) is -0.791. The monoisotopic (exact) mass is 295 g/mol. The zero-order valence-electron chi connectivity index (χ0n) is 12.8. The number of carbonyl (C=O) groups is 2. The first kappa shape index (κ1) is 14.6. The molecule has 21 heavy (non-hydrogen) atoms. The molecule has 0 aromatic rings. The molecule has 0 radical (unpaired) electrons. The van der Waals surface area contributed by atoms with Gasteiger partial charge in [-0.15, -0.1) is 0 Å². The third kappa shape index (κ3) is 2.73. The Morgan fingerprint density at radius 1 is 1.10 bits per heavy atom. The largest absolute Gasteiger partial charge is 0.481 e. The van der Waals surface area contributed by atoms with Crippen LogP contribution in [0.1, 0.15) is 32.6 Å². The molecule has 6 heteroatoms. The Balaban J connectivity index is 1.63. The molecule has 6 nitrogen and oxygen atoms in total. The fourth-order valence-corrected chi connectivity index (χ4v) is 3.94. The van der Waals surface area contributed by atoms with Gasteiger partial charge in [0.2, 0.25) is 0 Å². The van der Waals surface area contributed by atoms with E-state index in [0.717, 1.165) is 32.6 Å². The first-order chi connectivity index (χ1) is 9.99. The molecule has 0 aromatic heterocycles. The van der Waals surface area contributed by atoms with Crippen LogP contribution in [0.3, 0.4) is 0 Å². The highest BCUT2D eigenvalue weighted by atomic mass is 16.4. The number of likely N-dealkylation sites (tertiary alicyclic amines) is 1. The van der Waals surface area contributed by atoms with Gasteiger partial charge in [-0.3, -0.25) is 9.69 Å². The van der Waals surface area contributed by atoms with Crippen LogP contribution in [0.5, 0.6) is 0 Å². The first-order valence-corrected chi connectivity index (χ1v) is 8.01. The molecule has 0 bridgehead atoms. The topological polar surface area (TPSA) is 64.1 Å². The molecule has 3 rings (SSSR count). The average molecular weight is 295 g/mol. The Bertz CT molecular complexity index is 442. The van der Waals surface area contributed by atoms with Crippen molar-refractivity contribution in [2.75, 3.05) is 39.3 Å². The Morgan fingerprint density at radius 2 is 1.90 bits per heavy atom. The van der Waals surface area contributed by atoms with Crippen LogP contribution in [0, 0.1) is 5.41 Å². The minimum Gasteiger partial charge on any atom is -0.481 e. The van der Waals surface area contributed by atoms with E-state index in [2.05, 4.69) is 4.90 Å². The number of piperazine rings is 1. The summed E-state index contributed by atoms with van der Waals surface area (Å²) < 4.78 is 0. The van der Waals surface area contributed by atoms with Crippen LogP contribution in [0.15, 0.2) is 0 Å². The summed E-state index contributed by atoms with van der Waals surface area (Å²) in [6, 6.07) is 0.548. The molecule has 1 N–H and O–H groups in total. The summed E-state index contributed by atoms with van der Waals surface area (Å²) in [4.78, 5) is 30.3. The molecule has 0 aromatic carbocycles. The first-order valence-electron chi connectivity index (χ1n) is 8.01. The van der Waals surface area contributed by atoms with Crippen molar-refractivity contribution >= 4 is 12.0 Å². The predicted octanol–water partition coefficient (Wildman–Crippen LogP) is 1.07. The molecule has 0 saturated carbocycles. The number of urea groups is 1. The number of carboxylic acids is 1. The third-order valence-corrected chi connectivity index (χ3v) is 5.34. The second kappa shape index (κ2) is 5.48. The number of rotatable bonds is 1. The average Bonchev–Trinajstić information content (AvgIpc) is 2.93. The number of hydrogen-bond acceptors (Lipinski definition) is 3. The van der Waals surface area contributed by atoms with E-state index in [-0.39, 0.29) is 6.03 Å². The normalized spacial score (nSPS) is 33.9. The summed E-state index contributed by atoms with van der Waals surface area (Å²) in [5, 5.41) is 9.37. The Labute approximate surface area is 125 Å². The van der Waals surface area contributed by atoms with Gasteiger partial charge in [0.15, 0.2) is 0 Å². The number of hydrogen-bond donors (Lipinski definition) is 1. The van der Waals surface area contributed by atoms with Crippen molar-refractivity contribution in [2.24, 2.45) is 5.41 Å². The van der Waals surface area contributed by atoms with Gasteiger partial charge in [-0.1, -0.05) is 0 Å². The van der Waals surface area contributed by atoms with Crippen LogP contribution in [0.2, 0.25) is 0 Å². The summed E-state index contributed by atoms with van der Waals surface area (Å²) in [6.45, 7) is 6.48. The van der Waals surface area contributed by atoms with E-state index in [1.54, 1.807) is 11.8 Å². The van der Waals surface area contributed by atoms with Gasteiger partial charge in [0.05, 0.1) is 5.41 Å². The maximum atomic E-state index is 12.7. The molecular weight excluding hydrogens is 270 g/mol. The molecule has 3 saturated heterocycles. The van der Waals surface area contributed by atoms with Gasteiger partial charge in [-0.25, -0.2) is 4.79 Å². The van der Waals surface area contributed by atoms with E-state index < -0.39 is 11.4 Å². The lowest BCUT2D eigenvalue weighted by Gasteiger charge is -2.43. The van der Waals surface area contributed by atoms with E-state index >= 15 is 0 Å². The molecule has 3 fully saturated rings. The fourth-order valence-electron chi connectivity index (χ4n) is 3.94. The minimum atomic E-state index is -0.791. The maximum Gasteiger partial charge on any atom is 0.320 e. The van der Waals surface area contributed by atoms with Gasteiger partial charge in [0.1, 0.15) is 0 Å². The van der Waals surface area contributed by atoms with Crippen LogP contribution in [-0.4, -0.2) is 77.1 Å². The van der Waals surface area contributed by atoms with Gasteiger partial charge >= 0.3 is 12.0 Å². The van der Waals surface area contributed by atoms with Gasteiger partial charge in [-0.2, -0.15) is 0 Å². The van der Waals surface area contributed by atoms with Crippen LogP contribution < -0.4 is 0 Å². The Morgan fingerprint density at radius 3 is 2.67 bits per heavy atom. The Hall–Kier alpha value is -1.30. The maximum absolute atomic E-state index is 12.7. The van der Waals surface area contributed by atoms with E-state index in [4.69, 9.17) is 0 Å². The fraction of sp³-hybridized carbons (Fsp3) is 0.867. The zero-order valence-corrected chi connectivity index (χ0v) is 12.8. The van der Waals surface area contributed by atoms with Crippen molar-refractivity contribution in [3.8, 4) is 0 Å². The molecule has 2 amide bonds. The van der Waals surface area contributed by atoms with Gasteiger partial charge in [-0.05, 0) is 39.2 Å². The highest BCUT2D eigenvalue weighted by Crippen LogP contribution is 2.31. The van der Waals surface area contributed by atoms with E-state index in [1.807, 2.05) is 4.90 Å². The Kier molecular flexibility index (Phi) is 3.82. The molecule has 3 heterocycles. The van der Waals surface area contributed by atoms with Crippen molar-refractivity contribution < 1.29 is 14.7 Å².